The van der Waals surface area contributed by atoms with Gasteiger partial charge in [-0.2, -0.15) is 0 Å². The Labute approximate surface area is 64.2 Å². The largest absolute Gasteiger partial charge is 0.506 e. The van der Waals surface area contributed by atoms with Gasteiger partial charge in [-0.15, -0.1) is 0 Å². The van der Waals surface area contributed by atoms with Crippen molar-refractivity contribution in [3.8, 4) is 0 Å². The normalized spacial score (nSPS) is 20.6. The number of aliphatic hydroxyl groups is 2. The highest BCUT2D eigenvalue weighted by atomic mass is 16.6. The third kappa shape index (κ3) is 4.43. The Kier molecular flexibility index (Phi) is 5.27. The van der Waals surface area contributed by atoms with Crippen LogP contribution >= 0.6 is 0 Å². The van der Waals surface area contributed by atoms with Gasteiger partial charge in [0, 0.05) is 0 Å². The first-order valence-corrected chi connectivity index (χ1v) is 2.71. The van der Waals surface area contributed by atoms with Gasteiger partial charge in [0.15, 0.2) is 5.76 Å². The van der Waals surface area contributed by atoms with Crippen LogP contribution in [-0.2, 0) is 4.74 Å². The van der Waals surface area contributed by atoms with Crippen LogP contribution in [0.4, 0.5) is 0 Å². The monoisotopic (exact) mass is 159 g/mol. The molecule has 0 spiro atoms. The van der Waals surface area contributed by atoms with E-state index in [0.29, 0.717) is 0 Å². The molecule has 1 aliphatic heterocycles. The quantitative estimate of drug-likeness (QED) is 0.333. The van der Waals surface area contributed by atoms with Gasteiger partial charge >= 0.3 is 7.69 Å². The van der Waals surface area contributed by atoms with Crippen LogP contribution in [0.5, 0.6) is 0 Å². The van der Waals surface area contributed by atoms with Gasteiger partial charge < -0.3 is 25.0 Å². The number of ether oxygens (including phenoxy) is 1. The highest BCUT2D eigenvalue weighted by Gasteiger charge is 2.08. The van der Waals surface area contributed by atoms with E-state index in [9.17, 15) is 0 Å². The maximum absolute atomic E-state index is 8.61. The van der Waals surface area contributed by atoms with Crippen LogP contribution in [0.2, 0.25) is 0 Å². The number of aliphatic hydroxyl groups excluding tert-OH is 2. The highest BCUT2D eigenvalue weighted by Crippen LogP contribution is 2.05. The zero-order valence-corrected chi connectivity index (χ0v) is 5.58. The Morgan fingerprint density at radius 1 is 1.45 bits per heavy atom. The molecule has 1 heterocycles. The summed E-state index contributed by atoms with van der Waals surface area (Å²) in [5.41, 5.74) is 0. The van der Waals surface area contributed by atoms with Crippen molar-refractivity contribution in [2.75, 3.05) is 0 Å². The van der Waals surface area contributed by atoms with E-state index in [2.05, 4.69) is 4.74 Å². The first kappa shape index (κ1) is 10.0. The predicted molar refractivity (Wildman–Crippen MR) is 37.1 cm³/mol. The molecule has 0 saturated heterocycles. The van der Waals surface area contributed by atoms with Crippen LogP contribution in [0, 0.1) is 0 Å². The molecule has 0 bridgehead atoms. The third-order valence-corrected chi connectivity index (χ3v) is 0.806. The summed E-state index contributed by atoms with van der Waals surface area (Å²) in [6.45, 7) is 0. The SMILES string of the molecule is OC1=CC=COC1O.O[B]O. The Morgan fingerprint density at radius 3 is 2.27 bits per heavy atom. The fourth-order valence-electron chi connectivity index (χ4n) is 0.410. The Hall–Kier alpha value is -0.975. The van der Waals surface area contributed by atoms with Gasteiger partial charge in [0.05, 0.1) is 6.26 Å². The van der Waals surface area contributed by atoms with Crippen molar-refractivity contribution in [1.82, 2.24) is 0 Å². The predicted octanol–water partition coefficient (Wildman–Crippen LogP) is -1.20. The maximum atomic E-state index is 8.61. The summed E-state index contributed by atoms with van der Waals surface area (Å²) in [7, 11) is 0. The summed E-state index contributed by atoms with van der Waals surface area (Å²) < 4.78 is 4.45. The number of hydrogen-bond acceptors (Lipinski definition) is 5. The topological polar surface area (TPSA) is 90.2 Å². The highest BCUT2D eigenvalue weighted by molar-refractivity contribution is 6.13. The minimum atomic E-state index is -1.17. The van der Waals surface area contributed by atoms with E-state index in [4.69, 9.17) is 20.3 Å². The van der Waals surface area contributed by atoms with Crippen molar-refractivity contribution in [1.29, 1.82) is 0 Å². The zero-order valence-electron chi connectivity index (χ0n) is 5.58. The number of rotatable bonds is 0. The lowest BCUT2D eigenvalue weighted by molar-refractivity contribution is -0.0506. The van der Waals surface area contributed by atoms with E-state index in [1.165, 1.54) is 18.4 Å². The molecule has 0 amide bonds. The molecule has 0 aromatic heterocycles. The second-order valence-corrected chi connectivity index (χ2v) is 1.52. The van der Waals surface area contributed by atoms with Crippen LogP contribution < -0.4 is 0 Å². The molecule has 1 unspecified atom stereocenters. The Balaban J connectivity index is 0.000000292. The first-order valence-electron chi connectivity index (χ1n) is 2.71. The Bertz CT molecular complexity index is 155. The molecule has 1 atom stereocenters. The first-order chi connectivity index (χ1) is 5.22. The van der Waals surface area contributed by atoms with E-state index in [0.717, 1.165) is 0 Å². The second-order valence-electron chi connectivity index (χ2n) is 1.52. The molecule has 1 rings (SSSR count). The molecule has 4 N–H and O–H groups in total. The molecule has 0 aromatic carbocycles. The van der Waals surface area contributed by atoms with Crippen LogP contribution in [0.25, 0.3) is 0 Å². The molecule has 0 fully saturated rings. The molecule has 0 aromatic rings. The average Bonchev–Trinajstić information content (AvgIpc) is 1.97. The van der Waals surface area contributed by atoms with E-state index in [1.807, 2.05) is 0 Å². The van der Waals surface area contributed by atoms with Crippen molar-refractivity contribution < 1.29 is 25.0 Å². The van der Waals surface area contributed by atoms with Crippen molar-refractivity contribution >= 4 is 7.69 Å². The van der Waals surface area contributed by atoms with Gasteiger partial charge in [-0.05, 0) is 12.2 Å². The van der Waals surface area contributed by atoms with Crippen molar-refractivity contribution in [3.05, 3.63) is 24.2 Å². The molecule has 1 radical (unpaired) electrons. The molecule has 1 aliphatic rings. The zero-order chi connectivity index (χ0) is 8.69. The molecule has 0 saturated carbocycles. The van der Waals surface area contributed by atoms with E-state index in [1.54, 1.807) is 0 Å². The molecule has 0 aliphatic carbocycles. The van der Waals surface area contributed by atoms with Gasteiger partial charge in [0.2, 0.25) is 0 Å². The summed E-state index contributed by atoms with van der Waals surface area (Å²) in [4.78, 5) is 0. The van der Waals surface area contributed by atoms with E-state index in [-0.39, 0.29) is 13.4 Å². The van der Waals surface area contributed by atoms with Crippen molar-refractivity contribution in [3.63, 3.8) is 0 Å². The minimum Gasteiger partial charge on any atom is -0.506 e. The summed E-state index contributed by atoms with van der Waals surface area (Å²) >= 11 is 0. The average molecular weight is 159 g/mol. The van der Waals surface area contributed by atoms with Crippen molar-refractivity contribution in [2.24, 2.45) is 0 Å². The van der Waals surface area contributed by atoms with Crippen LogP contribution in [0.3, 0.4) is 0 Å². The van der Waals surface area contributed by atoms with Gasteiger partial charge in [-0.1, -0.05) is 0 Å². The molecule has 6 heteroatoms. The van der Waals surface area contributed by atoms with Gasteiger partial charge in [0.25, 0.3) is 6.29 Å². The van der Waals surface area contributed by atoms with Gasteiger partial charge in [0.1, 0.15) is 0 Å². The van der Waals surface area contributed by atoms with Crippen LogP contribution in [0.1, 0.15) is 0 Å². The van der Waals surface area contributed by atoms with E-state index < -0.39 is 6.29 Å². The Morgan fingerprint density at radius 2 is 2.00 bits per heavy atom. The lowest BCUT2D eigenvalue weighted by Crippen LogP contribution is -2.13. The van der Waals surface area contributed by atoms with Crippen molar-refractivity contribution in [2.45, 2.75) is 6.29 Å². The second kappa shape index (κ2) is 5.78. The standard InChI is InChI=1S/C5H6O3.BH2O2/c6-4-2-1-3-8-5(4)7;2-1-3/h1-3,5-7H;2-3H. The molecule has 61 valence electrons. The minimum absolute atomic E-state index is 0. The van der Waals surface area contributed by atoms with Crippen LogP contribution in [0.15, 0.2) is 24.2 Å². The molecular formula is C5H8BO5. The third-order valence-electron chi connectivity index (χ3n) is 0.806. The summed E-state index contributed by atoms with van der Waals surface area (Å²) in [6.07, 6.45) is 3.01. The fraction of sp³-hybridized carbons (Fsp3) is 0.200. The maximum Gasteiger partial charge on any atom is 0.482 e. The number of hydrogen-bond donors (Lipinski definition) is 4. The molecular weight excluding hydrogens is 151 g/mol. The number of allylic oxidation sites excluding steroid dienone is 2. The summed E-state index contributed by atoms with van der Waals surface area (Å²) in [5, 5.41) is 31.2. The molecule has 5 nitrogen and oxygen atoms in total. The smallest absolute Gasteiger partial charge is 0.482 e. The molecule has 11 heavy (non-hydrogen) atoms. The van der Waals surface area contributed by atoms with Gasteiger partial charge in [-0.3, -0.25) is 0 Å². The fourth-order valence-corrected chi connectivity index (χ4v) is 0.410. The van der Waals surface area contributed by atoms with Crippen LogP contribution in [-0.4, -0.2) is 34.2 Å². The summed E-state index contributed by atoms with van der Waals surface area (Å²) in [6, 6.07) is 0. The summed E-state index contributed by atoms with van der Waals surface area (Å²) in [5.74, 6) is -0.160. The van der Waals surface area contributed by atoms with E-state index >= 15 is 0 Å². The lowest BCUT2D eigenvalue weighted by atomic mass is 10.4. The lowest BCUT2D eigenvalue weighted by Gasteiger charge is -2.10. The van der Waals surface area contributed by atoms with Gasteiger partial charge in [-0.25, -0.2) is 0 Å².